The summed E-state index contributed by atoms with van der Waals surface area (Å²) < 4.78 is 18.4. The fraction of sp³-hybridized carbons (Fsp3) is 0.212. The summed E-state index contributed by atoms with van der Waals surface area (Å²) in [6.45, 7) is 7.73. The first-order chi connectivity index (χ1) is 21.3. The molecule has 0 radical (unpaired) electrons. The zero-order valence-electron chi connectivity index (χ0n) is 24.4. The molecule has 1 amide bonds. The number of thiocarbonyl (C=S) groups is 1. The van der Waals surface area contributed by atoms with E-state index in [0.717, 1.165) is 22.4 Å². The highest BCUT2D eigenvalue weighted by Gasteiger charge is 2.32. The maximum Gasteiger partial charge on any atom is 0.338 e. The molecule has 0 spiro atoms. The van der Waals surface area contributed by atoms with Crippen molar-refractivity contribution in [3.8, 4) is 11.5 Å². The van der Waals surface area contributed by atoms with Crippen molar-refractivity contribution in [3.63, 3.8) is 0 Å². The van der Waals surface area contributed by atoms with Gasteiger partial charge in [-0.05, 0) is 108 Å². The molecule has 44 heavy (non-hydrogen) atoms. The second kappa shape index (κ2) is 16.0. The van der Waals surface area contributed by atoms with Crippen LogP contribution in [-0.2, 0) is 27.4 Å². The minimum Gasteiger partial charge on any atom is -0.489 e. The van der Waals surface area contributed by atoms with Gasteiger partial charge in [0.2, 0.25) is 0 Å². The van der Waals surface area contributed by atoms with Crippen LogP contribution in [0.15, 0.2) is 95.8 Å². The first-order valence-electron chi connectivity index (χ1n) is 13.9. The van der Waals surface area contributed by atoms with Crippen LogP contribution in [0.4, 0.5) is 0 Å². The number of carbonyl (C=O) groups excluding carboxylic acids is 2. The highest BCUT2D eigenvalue weighted by molar-refractivity contribution is 14.1. The summed E-state index contributed by atoms with van der Waals surface area (Å²) in [5.41, 5.74) is 6.92. The van der Waals surface area contributed by atoms with Crippen molar-refractivity contribution in [2.45, 2.75) is 32.9 Å². The molecule has 0 aromatic heterocycles. The molecule has 0 saturated carbocycles. The highest BCUT2D eigenvalue weighted by atomic mass is 127. The first-order valence-corrected chi connectivity index (χ1v) is 15.4. The molecule has 228 valence electrons. The number of carbonyl (C=O) groups is 2. The van der Waals surface area contributed by atoms with Crippen LogP contribution in [-0.4, -0.2) is 36.4 Å². The number of rotatable bonds is 13. The Morgan fingerprint density at radius 1 is 1.09 bits per heavy atom. The maximum atomic E-state index is 12.8. The monoisotopic (exact) mass is 724 g/mol. The third kappa shape index (κ3) is 8.89. The lowest BCUT2D eigenvalue weighted by Gasteiger charge is -2.30. The maximum absolute atomic E-state index is 12.8. The summed E-state index contributed by atoms with van der Waals surface area (Å²) in [7, 11) is 0. The van der Waals surface area contributed by atoms with Crippen LogP contribution >= 0.6 is 34.8 Å². The number of hydrogen-bond donors (Lipinski definition) is 3. The van der Waals surface area contributed by atoms with Crippen molar-refractivity contribution >= 4 is 58.0 Å². The van der Waals surface area contributed by atoms with Crippen molar-refractivity contribution in [1.82, 2.24) is 16.1 Å². The second-order valence-corrected chi connectivity index (χ2v) is 11.3. The molecule has 3 N–H and O–H groups in total. The summed E-state index contributed by atoms with van der Waals surface area (Å²) in [6.07, 6.45) is 3.98. The van der Waals surface area contributed by atoms with Gasteiger partial charge in [0.15, 0.2) is 11.7 Å². The van der Waals surface area contributed by atoms with Gasteiger partial charge in [-0.1, -0.05) is 36.4 Å². The van der Waals surface area contributed by atoms with Crippen molar-refractivity contribution in [1.29, 1.82) is 0 Å². The summed E-state index contributed by atoms with van der Waals surface area (Å²) in [5, 5.41) is 10.5. The van der Waals surface area contributed by atoms with Crippen LogP contribution in [0.2, 0.25) is 0 Å². The molecule has 0 aliphatic carbocycles. The van der Waals surface area contributed by atoms with Gasteiger partial charge in [0.25, 0.3) is 5.91 Å². The van der Waals surface area contributed by atoms with Gasteiger partial charge in [-0.3, -0.25) is 4.79 Å². The van der Waals surface area contributed by atoms with Gasteiger partial charge in [-0.15, -0.1) is 6.58 Å². The van der Waals surface area contributed by atoms with Gasteiger partial charge in [0.1, 0.15) is 18.1 Å². The zero-order valence-corrected chi connectivity index (χ0v) is 27.4. The summed E-state index contributed by atoms with van der Waals surface area (Å²) in [4.78, 5) is 25.4. The van der Waals surface area contributed by atoms with Crippen molar-refractivity contribution in [2.75, 3.05) is 13.2 Å². The van der Waals surface area contributed by atoms with Crippen molar-refractivity contribution < 1.29 is 23.8 Å². The van der Waals surface area contributed by atoms with Gasteiger partial charge in [-0.25, -0.2) is 10.2 Å². The topological polar surface area (TPSA) is 110 Å². The smallest absolute Gasteiger partial charge is 0.338 e. The average molecular weight is 725 g/mol. The molecule has 0 bridgehead atoms. The number of nitrogens with zero attached hydrogens (tertiary/aromatic N) is 1. The van der Waals surface area contributed by atoms with Crippen LogP contribution in [0.3, 0.4) is 0 Å². The molecule has 11 heteroatoms. The number of allylic oxidation sites excluding steroid dienone is 2. The molecular weight excluding hydrogens is 691 g/mol. The van der Waals surface area contributed by atoms with E-state index in [4.69, 9.17) is 26.4 Å². The Hall–Kier alpha value is -4.23. The number of nitrogens with one attached hydrogen (secondary N) is 3. The molecule has 9 nitrogen and oxygen atoms in total. The standard InChI is InChI=1S/C33H33IN4O5S/c1-4-8-24-17-23(13-16-27(24)42-19-22-11-14-25(34)15-12-22)18-35-38-29(39)20-43-28-10-7-6-9-26(28)31-30(32(40)41-5-2)21(3)36-33(44)37-31/h4,6-7,9-18,31H,1,5,8,19-20H2,2-3H3,(H,38,39)(H2,36,37,44)/t31-/m1/s1. The van der Waals surface area contributed by atoms with E-state index in [1.807, 2.05) is 54.6 Å². The van der Waals surface area contributed by atoms with Gasteiger partial charge in [0.05, 0.1) is 24.4 Å². The van der Waals surface area contributed by atoms with E-state index in [1.54, 1.807) is 38.3 Å². The lowest BCUT2D eigenvalue weighted by molar-refractivity contribution is -0.139. The van der Waals surface area contributed by atoms with E-state index in [0.29, 0.717) is 40.7 Å². The van der Waals surface area contributed by atoms with Gasteiger partial charge >= 0.3 is 5.97 Å². The quantitative estimate of drug-likeness (QED) is 0.0531. The molecule has 1 aliphatic rings. The summed E-state index contributed by atoms with van der Waals surface area (Å²) in [5.74, 6) is 0.252. The van der Waals surface area contributed by atoms with Crippen LogP contribution in [0.5, 0.6) is 11.5 Å². The first kappa shape index (κ1) is 32.7. The predicted molar refractivity (Wildman–Crippen MR) is 182 cm³/mol. The van der Waals surface area contributed by atoms with E-state index in [9.17, 15) is 9.59 Å². The van der Waals surface area contributed by atoms with E-state index < -0.39 is 17.9 Å². The minimum absolute atomic E-state index is 0.229. The van der Waals surface area contributed by atoms with Crippen molar-refractivity contribution in [2.24, 2.45) is 5.10 Å². The summed E-state index contributed by atoms with van der Waals surface area (Å²) >= 11 is 7.60. The third-order valence-electron chi connectivity index (χ3n) is 6.51. The fourth-order valence-corrected chi connectivity index (χ4v) is 5.12. The third-order valence-corrected chi connectivity index (χ3v) is 7.45. The van der Waals surface area contributed by atoms with E-state index in [2.05, 4.69) is 50.3 Å². The minimum atomic E-state index is -0.617. The highest BCUT2D eigenvalue weighted by Crippen LogP contribution is 2.33. The Balaban J connectivity index is 1.38. The lowest BCUT2D eigenvalue weighted by Crippen LogP contribution is -2.45. The average Bonchev–Trinajstić information content (AvgIpc) is 3.00. The molecule has 0 unspecified atom stereocenters. The van der Waals surface area contributed by atoms with Crippen LogP contribution in [0, 0.1) is 3.57 Å². The number of ether oxygens (including phenoxy) is 3. The number of halogens is 1. The zero-order chi connectivity index (χ0) is 31.5. The van der Waals surface area contributed by atoms with Crippen molar-refractivity contribution in [3.05, 3.63) is 116 Å². The van der Waals surface area contributed by atoms with Crippen LogP contribution in [0.1, 0.15) is 42.1 Å². The molecule has 0 fully saturated rings. The predicted octanol–water partition coefficient (Wildman–Crippen LogP) is 5.48. The Labute approximate surface area is 275 Å². The Bertz CT molecular complexity index is 1590. The van der Waals surface area contributed by atoms with Crippen LogP contribution < -0.4 is 25.5 Å². The molecule has 1 aliphatic heterocycles. The number of hydrazone groups is 1. The molecular formula is C33H33IN4O5S. The molecule has 0 saturated heterocycles. The number of para-hydroxylation sites is 1. The summed E-state index contributed by atoms with van der Waals surface area (Å²) in [6, 6.07) is 20.4. The number of benzene rings is 3. The van der Waals surface area contributed by atoms with Crippen LogP contribution in [0.25, 0.3) is 0 Å². The molecule has 1 atom stereocenters. The lowest BCUT2D eigenvalue weighted by atomic mass is 9.95. The number of amides is 1. The Kier molecular flexibility index (Phi) is 11.9. The van der Waals surface area contributed by atoms with Gasteiger partial charge in [-0.2, -0.15) is 5.10 Å². The van der Waals surface area contributed by atoms with Gasteiger partial charge in [0, 0.05) is 14.8 Å². The van der Waals surface area contributed by atoms with E-state index in [-0.39, 0.29) is 13.2 Å². The SMILES string of the molecule is C=CCc1cc(C=NNC(=O)COc2ccccc2[C@H]2NC(=S)NC(C)=C2C(=O)OCC)ccc1OCc1ccc(I)cc1. The fourth-order valence-electron chi connectivity index (χ4n) is 4.49. The Morgan fingerprint density at radius 2 is 1.86 bits per heavy atom. The molecule has 3 aromatic rings. The molecule has 3 aromatic carbocycles. The number of esters is 1. The molecule has 1 heterocycles. The molecule has 4 rings (SSSR count). The number of hydrogen-bond acceptors (Lipinski definition) is 7. The van der Waals surface area contributed by atoms with E-state index in [1.165, 1.54) is 3.57 Å². The second-order valence-electron chi connectivity index (χ2n) is 9.69. The van der Waals surface area contributed by atoms with E-state index >= 15 is 0 Å². The largest absolute Gasteiger partial charge is 0.489 e. The van der Waals surface area contributed by atoms with Gasteiger partial charge < -0.3 is 24.8 Å². The normalized spacial score (nSPS) is 14.4. The Morgan fingerprint density at radius 3 is 2.61 bits per heavy atom.